The summed E-state index contributed by atoms with van der Waals surface area (Å²) in [5, 5.41) is 21.5. The van der Waals surface area contributed by atoms with Gasteiger partial charge in [-0.2, -0.15) is 0 Å². The smallest absolute Gasteiger partial charge is 0.331 e. The number of rotatable bonds is 4. The van der Waals surface area contributed by atoms with Gasteiger partial charge in [-0.3, -0.25) is 5.32 Å². The van der Waals surface area contributed by atoms with E-state index in [1.807, 2.05) is 0 Å². The molecule has 0 amide bonds. The van der Waals surface area contributed by atoms with Crippen LogP contribution in [0.1, 0.15) is 12.5 Å². The van der Waals surface area contributed by atoms with Crippen molar-refractivity contribution < 1.29 is 15.0 Å². The van der Waals surface area contributed by atoms with Gasteiger partial charge in [0, 0.05) is 0 Å². The zero-order valence-corrected chi connectivity index (χ0v) is 8.77. The molecule has 1 aromatic carbocycles. The molecule has 0 aliphatic carbocycles. The topological polar surface area (TPSA) is 69.6 Å². The van der Waals surface area contributed by atoms with Crippen molar-refractivity contribution in [3.05, 3.63) is 35.9 Å². The normalized spacial score (nSPS) is 16.7. The summed E-state index contributed by atoms with van der Waals surface area (Å²) < 4.78 is 0. The fourth-order valence-corrected chi connectivity index (χ4v) is 1.70. The SMILES string of the molecule is CN[C@@](C(=O)O)(c1ccccc1)[C@@H](C)O. The highest BCUT2D eigenvalue weighted by Crippen LogP contribution is 2.25. The van der Waals surface area contributed by atoms with Crippen LogP contribution >= 0.6 is 0 Å². The predicted octanol–water partition coefficient (Wildman–Crippen LogP) is 0.567. The Morgan fingerprint density at radius 2 is 1.93 bits per heavy atom. The van der Waals surface area contributed by atoms with Gasteiger partial charge in [-0.25, -0.2) is 4.79 Å². The summed E-state index contributed by atoms with van der Waals surface area (Å²) >= 11 is 0. The Balaban J connectivity index is 3.28. The van der Waals surface area contributed by atoms with Crippen molar-refractivity contribution in [3.8, 4) is 0 Å². The second-order valence-corrected chi connectivity index (χ2v) is 3.41. The highest BCUT2D eigenvalue weighted by Gasteiger charge is 2.43. The average Bonchev–Trinajstić information content (AvgIpc) is 2.20. The van der Waals surface area contributed by atoms with E-state index in [2.05, 4.69) is 5.32 Å². The molecule has 4 heteroatoms. The first kappa shape index (κ1) is 11.7. The lowest BCUT2D eigenvalue weighted by Crippen LogP contribution is -2.55. The van der Waals surface area contributed by atoms with Gasteiger partial charge in [0.05, 0.1) is 6.10 Å². The van der Waals surface area contributed by atoms with Gasteiger partial charge in [-0.05, 0) is 19.5 Å². The number of carbonyl (C=O) groups is 1. The monoisotopic (exact) mass is 209 g/mol. The van der Waals surface area contributed by atoms with E-state index < -0.39 is 17.6 Å². The van der Waals surface area contributed by atoms with Gasteiger partial charge in [-0.15, -0.1) is 0 Å². The molecule has 0 spiro atoms. The van der Waals surface area contributed by atoms with Crippen LogP contribution in [0.3, 0.4) is 0 Å². The van der Waals surface area contributed by atoms with E-state index in [9.17, 15) is 15.0 Å². The van der Waals surface area contributed by atoms with Crippen molar-refractivity contribution >= 4 is 5.97 Å². The van der Waals surface area contributed by atoms with Crippen LogP contribution in [0.15, 0.2) is 30.3 Å². The molecule has 0 fully saturated rings. The van der Waals surface area contributed by atoms with E-state index in [1.54, 1.807) is 30.3 Å². The van der Waals surface area contributed by atoms with Gasteiger partial charge in [0.15, 0.2) is 5.54 Å². The van der Waals surface area contributed by atoms with Gasteiger partial charge in [0.1, 0.15) is 0 Å². The number of aliphatic hydroxyl groups excluding tert-OH is 1. The third-order valence-corrected chi connectivity index (χ3v) is 2.59. The van der Waals surface area contributed by atoms with E-state index in [-0.39, 0.29) is 0 Å². The molecule has 4 nitrogen and oxygen atoms in total. The van der Waals surface area contributed by atoms with Crippen molar-refractivity contribution in [2.45, 2.75) is 18.6 Å². The Labute approximate surface area is 88.6 Å². The number of aliphatic hydroxyl groups is 1. The molecule has 0 saturated carbocycles. The molecule has 0 radical (unpaired) electrons. The number of aliphatic carboxylic acids is 1. The Hall–Kier alpha value is -1.39. The fourth-order valence-electron chi connectivity index (χ4n) is 1.70. The van der Waals surface area contributed by atoms with Gasteiger partial charge in [-0.1, -0.05) is 30.3 Å². The fraction of sp³-hybridized carbons (Fsp3) is 0.364. The Morgan fingerprint density at radius 1 is 1.40 bits per heavy atom. The third kappa shape index (κ3) is 1.86. The highest BCUT2D eigenvalue weighted by molar-refractivity contribution is 5.81. The van der Waals surface area contributed by atoms with Crippen molar-refractivity contribution in [2.75, 3.05) is 7.05 Å². The second kappa shape index (κ2) is 4.42. The standard InChI is InChI=1S/C11H15NO3/c1-8(13)11(12-2,10(14)15)9-6-4-3-5-7-9/h3-8,12-13H,1-2H3,(H,14,15)/t8-,11-/m1/s1. The minimum Gasteiger partial charge on any atom is -0.480 e. The van der Waals surface area contributed by atoms with Crippen molar-refractivity contribution in [1.29, 1.82) is 0 Å². The van der Waals surface area contributed by atoms with Gasteiger partial charge in [0.2, 0.25) is 0 Å². The lowest BCUT2D eigenvalue weighted by atomic mass is 9.85. The first-order valence-electron chi connectivity index (χ1n) is 4.71. The van der Waals surface area contributed by atoms with Crippen LogP contribution in [-0.4, -0.2) is 29.3 Å². The maximum Gasteiger partial charge on any atom is 0.331 e. The number of carboxylic acid groups (broad SMARTS) is 1. The minimum absolute atomic E-state index is 0.537. The summed E-state index contributed by atoms with van der Waals surface area (Å²) in [6.45, 7) is 1.46. The van der Waals surface area contributed by atoms with E-state index in [1.165, 1.54) is 14.0 Å². The lowest BCUT2D eigenvalue weighted by molar-refractivity contribution is -0.150. The maximum atomic E-state index is 11.3. The van der Waals surface area contributed by atoms with Crippen LogP contribution in [0.2, 0.25) is 0 Å². The summed E-state index contributed by atoms with van der Waals surface area (Å²) in [4.78, 5) is 11.3. The number of nitrogens with one attached hydrogen (secondary N) is 1. The van der Waals surface area contributed by atoms with E-state index in [4.69, 9.17) is 0 Å². The van der Waals surface area contributed by atoms with Crippen LogP contribution in [0.4, 0.5) is 0 Å². The molecule has 0 bridgehead atoms. The molecular weight excluding hydrogens is 194 g/mol. The molecule has 0 aliphatic rings. The van der Waals surface area contributed by atoms with E-state index in [0.29, 0.717) is 5.56 Å². The molecular formula is C11H15NO3. The van der Waals surface area contributed by atoms with Crippen LogP contribution < -0.4 is 5.32 Å². The minimum atomic E-state index is -1.44. The highest BCUT2D eigenvalue weighted by atomic mass is 16.4. The third-order valence-electron chi connectivity index (χ3n) is 2.59. The molecule has 0 aliphatic heterocycles. The average molecular weight is 209 g/mol. The summed E-state index contributed by atoms with van der Waals surface area (Å²) in [6.07, 6.45) is -1.03. The summed E-state index contributed by atoms with van der Waals surface area (Å²) in [5.74, 6) is -1.09. The number of hydrogen-bond donors (Lipinski definition) is 3. The first-order chi connectivity index (χ1) is 7.05. The lowest BCUT2D eigenvalue weighted by Gasteiger charge is -2.32. The van der Waals surface area contributed by atoms with Crippen molar-refractivity contribution in [1.82, 2.24) is 5.32 Å². The van der Waals surface area contributed by atoms with Gasteiger partial charge < -0.3 is 10.2 Å². The zero-order chi connectivity index (χ0) is 11.5. The molecule has 2 atom stereocenters. The Bertz CT molecular complexity index is 337. The van der Waals surface area contributed by atoms with Crippen molar-refractivity contribution in [2.24, 2.45) is 0 Å². The first-order valence-corrected chi connectivity index (χ1v) is 4.71. The van der Waals surface area contributed by atoms with Crippen LogP contribution in [0.5, 0.6) is 0 Å². The van der Waals surface area contributed by atoms with Crippen LogP contribution in [0, 0.1) is 0 Å². The Kier molecular flexibility index (Phi) is 3.44. The largest absolute Gasteiger partial charge is 0.480 e. The molecule has 0 unspecified atom stereocenters. The molecule has 0 aromatic heterocycles. The number of hydrogen-bond acceptors (Lipinski definition) is 3. The van der Waals surface area contributed by atoms with Crippen LogP contribution in [-0.2, 0) is 10.3 Å². The van der Waals surface area contributed by atoms with Gasteiger partial charge >= 0.3 is 5.97 Å². The summed E-state index contributed by atoms with van der Waals surface area (Å²) in [5.41, 5.74) is -0.906. The maximum absolute atomic E-state index is 11.3. The molecule has 1 rings (SSSR count). The number of likely N-dealkylation sites (N-methyl/N-ethyl adjacent to an activating group) is 1. The number of carboxylic acids is 1. The van der Waals surface area contributed by atoms with E-state index >= 15 is 0 Å². The molecule has 3 N–H and O–H groups in total. The second-order valence-electron chi connectivity index (χ2n) is 3.41. The molecule has 15 heavy (non-hydrogen) atoms. The quantitative estimate of drug-likeness (QED) is 0.678. The van der Waals surface area contributed by atoms with Gasteiger partial charge in [0.25, 0.3) is 0 Å². The zero-order valence-electron chi connectivity index (χ0n) is 8.77. The van der Waals surface area contributed by atoms with Crippen LogP contribution in [0.25, 0.3) is 0 Å². The number of benzene rings is 1. The predicted molar refractivity (Wildman–Crippen MR) is 56.5 cm³/mol. The van der Waals surface area contributed by atoms with E-state index in [0.717, 1.165) is 0 Å². The molecule has 82 valence electrons. The molecule has 0 saturated heterocycles. The summed E-state index contributed by atoms with van der Waals surface area (Å²) in [7, 11) is 1.52. The van der Waals surface area contributed by atoms with Crippen molar-refractivity contribution in [3.63, 3.8) is 0 Å². The summed E-state index contributed by atoms with van der Waals surface area (Å²) in [6, 6.07) is 8.64. The molecule has 0 heterocycles. The Morgan fingerprint density at radius 3 is 2.27 bits per heavy atom. The molecule has 1 aromatic rings.